The van der Waals surface area contributed by atoms with Gasteiger partial charge in [0.05, 0.1) is 0 Å². The lowest BCUT2D eigenvalue weighted by molar-refractivity contribution is 0.174. The first kappa shape index (κ1) is 17.9. The molecule has 0 saturated carbocycles. The zero-order valence-electron chi connectivity index (χ0n) is 11.9. The Hall–Kier alpha value is -0.160. The molecule has 0 aromatic heterocycles. The molecule has 0 unspecified atom stereocenters. The second kappa shape index (κ2) is 8.98. The van der Waals surface area contributed by atoms with Crippen molar-refractivity contribution in [1.82, 2.24) is 10.2 Å². The molecule has 0 aliphatic carbocycles. The van der Waals surface area contributed by atoms with Crippen molar-refractivity contribution in [2.24, 2.45) is 5.92 Å². The number of nitrogens with zero attached hydrogens (tertiary/aromatic N) is 1. The standard InChI is InChI=1S/C15H22BrFN2.ClH/c1-2-18-10-12-5-7-19(8-6-12)11-13-3-4-14(16)9-15(13)17;/h3-4,9,12,18H,2,5-8,10-11H2,1H3;1H. The molecular formula is C15H23BrClFN2. The Labute approximate surface area is 135 Å². The van der Waals surface area contributed by atoms with Gasteiger partial charge in [0, 0.05) is 16.6 Å². The summed E-state index contributed by atoms with van der Waals surface area (Å²) in [4.78, 5) is 2.36. The molecule has 1 aromatic carbocycles. The number of piperidine rings is 1. The number of nitrogens with one attached hydrogen (secondary N) is 1. The maximum atomic E-state index is 13.8. The van der Waals surface area contributed by atoms with Gasteiger partial charge < -0.3 is 5.32 Å². The molecule has 0 bridgehead atoms. The van der Waals surface area contributed by atoms with Crippen molar-refractivity contribution < 1.29 is 4.39 Å². The van der Waals surface area contributed by atoms with Crippen LogP contribution in [0.4, 0.5) is 4.39 Å². The summed E-state index contributed by atoms with van der Waals surface area (Å²) in [6.45, 7) is 7.19. The fourth-order valence-corrected chi connectivity index (χ4v) is 2.92. The van der Waals surface area contributed by atoms with Gasteiger partial charge in [-0.3, -0.25) is 4.90 Å². The molecule has 0 atom stereocenters. The second-order valence-electron chi connectivity index (χ2n) is 5.26. The maximum Gasteiger partial charge on any atom is 0.128 e. The van der Waals surface area contributed by atoms with E-state index in [1.165, 1.54) is 12.8 Å². The Morgan fingerprint density at radius 1 is 1.35 bits per heavy atom. The van der Waals surface area contributed by atoms with E-state index in [0.29, 0.717) is 0 Å². The Morgan fingerprint density at radius 3 is 2.65 bits per heavy atom. The lowest BCUT2D eigenvalue weighted by atomic mass is 9.96. The molecule has 1 aliphatic rings. The molecule has 20 heavy (non-hydrogen) atoms. The molecule has 1 N–H and O–H groups in total. The third kappa shape index (κ3) is 5.32. The molecule has 0 radical (unpaired) electrons. The fraction of sp³-hybridized carbons (Fsp3) is 0.600. The summed E-state index contributed by atoms with van der Waals surface area (Å²) >= 11 is 3.29. The van der Waals surface area contributed by atoms with Crippen LogP contribution in [0.5, 0.6) is 0 Å². The molecule has 1 aliphatic heterocycles. The van der Waals surface area contributed by atoms with Gasteiger partial charge in [-0.05, 0) is 57.1 Å². The molecule has 114 valence electrons. The van der Waals surface area contributed by atoms with E-state index in [-0.39, 0.29) is 18.2 Å². The molecule has 1 heterocycles. The van der Waals surface area contributed by atoms with Crippen molar-refractivity contribution in [2.45, 2.75) is 26.3 Å². The normalized spacial score (nSPS) is 16.9. The van der Waals surface area contributed by atoms with E-state index in [0.717, 1.165) is 48.7 Å². The molecule has 2 rings (SSSR count). The minimum Gasteiger partial charge on any atom is -0.317 e. The highest BCUT2D eigenvalue weighted by Crippen LogP contribution is 2.21. The molecule has 5 heteroatoms. The van der Waals surface area contributed by atoms with Crippen LogP contribution < -0.4 is 5.32 Å². The first-order chi connectivity index (χ1) is 9.19. The Morgan fingerprint density at radius 2 is 2.05 bits per heavy atom. The number of likely N-dealkylation sites (tertiary alicyclic amines) is 1. The van der Waals surface area contributed by atoms with Gasteiger partial charge in [-0.25, -0.2) is 4.39 Å². The van der Waals surface area contributed by atoms with Crippen LogP contribution in [0, 0.1) is 11.7 Å². The highest BCUT2D eigenvalue weighted by atomic mass is 79.9. The molecule has 1 fully saturated rings. The van der Waals surface area contributed by atoms with E-state index in [2.05, 4.69) is 33.1 Å². The number of hydrogen-bond donors (Lipinski definition) is 1. The van der Waals surface area contributed by atoms with Crippen LogP contribution in [-0.4, -0.2) is 31.1 Å². The van der Waals surface area contributed by atoms with E-state index in [4.69, 9.17) is 0 Å². The van der Waals surface area contributed by atoms with Crippen LogP contribution in [0.2, 0.25) is 0 Å². The summed E-state index contributed by atoms with van der Waals surface area (Å²) < 4.78 is 14.6. The van der Waals surface area contributed by atoms with Crippen LogP contribution in [-0.2, 0) is 6.54 Å². The Kier molecular flexibility index (Phi) is 8.03. The van der Waals surface area contributed by atoms with Crippen molar-refractivity contribution in [2.75, 3.05) is 26.2 Å². The molecule has 1 aromatic rings. The predicted octanol–water partition coefficient (Wildman–Crippen LogP) is 3.83. The van der Waals surface area contributed by atoms with Crippen LogP contribution >= 0.6 is 28.3 Å². The zero-order chi connectivity index (χ0) is 13.7. The van der Waals surface area contributed by atoms with Gasteiger partial charge in [0.2, 0.25) is 0 Å². The van der Waals surface area contributed by atoms with Crippen LogP contribution in [0.25, 0.3) is 0 Å². The number of benzene rings is 1. The lowest BCUT2D eigenvalue weighted by Gasteiger charge is -2.32. The van der Waals surface area contributed by atoms with Crippen molar-refractivity contribution in [3.05, 3.63) is 34.1 Å². The summed E-state index contributed by atoms with van der Waals surface area (Å²) in [5.74, 6) is 0.676. The lowest BCUT2D eigenvalue weighted by Crippen LogP contribution is -2.37. The summed E-state index contributed by atoms with van der Waals surface area (Å²) in [5, 5.41) is 3.41. The van der Waals surface area contributed by atoms with Crippen molar-refractivity contribution in [3.8, 4) is 0 Å². The highest BCUT2D eigenvalue weighted by molar-refractivity contribution is 9.10. The summed E-state index contributed by atoms with van der Waals surface area (Å²) in [6, 6.07) is 5.34. The van der Waals surface area contributed by atoms with Crippen molar-refractivity contribution in [1.29, 1.82) is 0 Å². The molecular weight excluding hydrogens is 343 g/mol. The van der Waals surface area contributed by atoms with E-state index in [9.17, 15) is 4.39 Å². The van der Waals surface area contributed by atoms with E-state index < -0.39 is 0 Å². The minimum atomic E-state index is -0.107. The maximum absolute atomic E-state index is 13.8. The third-order valence-corrected chi connectivity index (χ3v) is 4.29. The van der Waals surface area contributed by atoms with Crippen LogP contribution in [0.1, 0.15) is 25.3 Å². The van der Waals surface area contributed by atoms with Crippen LogP contribution in [0.3, 0.4) is 0 Å². The van der Waals surface area contributed by atoms with E-state index >= 15 is 0 Å². The second-order valence-corrected chi connectivity index (χ2v) is 6.18. The molecule has 0 amide bonds. The first-order valence-electron chi connectivity index (χ1n) is 7.06. The van der Waals surface area contributed by atoms with Crippen molar-refractivity contribution in [3.63, 3.8) is 0 Å². The number of rotatable bonds is 5. The SMILES string of the molecule is CCNCC1CCN(Cc2ccc(Br)cc2F)CC1.Cl. The van der Waals surface area contributed by atoms with Gasteiger partial charge in [0.15, 0.2) is 0 Å². The number of halogens is 3. The van der Waals surface area contributed by atoms with Gasteiger partial charge in [0.1, 0.15) is 5.82 Å². The fourth-order valence-electron chi connectivity index (χ4n) is 2.59. The van der Waals surface area contributed by atoms with Gasteiger partial charge >= 0.3 is 0 Å². The topological polar surface area (TPSA) is 15.3 Å². The summed E-state index contributed by atoms with van der Waals surface area (Å²) in [6.07, 6.45) is 2.43. The van der Waals surface area contributed by atoms with E-state index in [1.54, 1.807) is 6.07 Å². The van der Waals surface area contributed by atoms with Gasteiger partial charge in [-0.1, -0.05) is 28.9 Å². The van der Waals surface area contributed by atoms with Gasteiger partial charge in [0.25, 0.3) is 0 Å². The summed E-state index contributed by atoms with van der Waals surface area (Å²) in [7, 11) is 0. The molecule has 0 spiro atoms. The quantitative estimate of drug-likeness (QED) is 0.853. The monoisotopic (exact) mass is 364 g/mol. The van der Waals surface area contributed by atoms with Crippen LogP contribution in [0.15, 0.2) is 22.7 Å². The van der Waals surface area contributed by atoms with Gasteiger partial charge in [-0.15, -0.1) is 12.4 Å². The average molecular weight is 366 g/mol. The minimum absolute atomic E-state index is 0. The Bertz CT molecular complexity index is 409. The smallest absolute Gasteiger partial charge is 0.128 e. The molecule has 1 saturated heterocycles. The first-order valence-corrected chi connectivity index (χ1v) is 7.85. The number of hydrogen-bond acceptors (Lipinski definition) is 2. The Balaban J connectivity index is 0.00000200. The predicted molar refractivity (Wildman–Crippen MR) is 87.9 cm³/mol. The zero-order valence-corrected chi connectivity index (χ0v) is 14.3. The molecule has 2 nitrogen and oxygen atoms in total. The van der Waals surface area contributed by atoms with E-state index in [1.807, 2.05) is 12.1 Å². The van der Waals surface area contributed by atoms with Gasteiger partial charge in [-0.2, -0.15) is 0 Å². The largest absolute Gasteiger partial charge is 0.317 e. The average Bonchev–Trinajstić information content (AvgIpc) is 2.41. The third-order valence-electron chi connectivity index (χ3n) is 3.80. The summed E-state index contributed by atoms with van der Waals surface area (Å²) in [5.41, 5.74) is 0.799. The van der Waals surface area contributed by atoms with Crippen molar-refractivity contribution >= 4 is 28.3 Å². The highest BCUT2D eigenvalue weighted by Gasteiger charge is 2.19.